The van der Waals surface area contributed by atoms with Gasteiger partial charge in [-0.25, -0.2) is 4.98 Å². The summed E-state index contributed by atoms with van der Waals surface area (Å²) in [7, 11) is 0. The molecule has 0 bridgehead atoms. The molecule has 1 heterocycles. The average Bonchev–Trinajstić information content (AvgIpc) is 2.82. The Hall–Kier alpha value is -2.29. The zero-order chi connectivity index (χ0) is 14.0. The molecule has 3 nitrogen and oxygen atoms in total. The zero-order valence-corrected chi connectivity index (χ0v) is 10.1. The Morgan fingerprint density at radius 1 is 1.32 bits per heavy atom. The summed E-state index contributed by atoms with van der Waals surface area (Å²) in [6, 6.07) is 8.43. The molecule has 0 amide bonds. The van der Waals surface area contributed by atoms with Crippen LogP contribution in [0.3, 0.4) is 0 Å². The number of halogens is 3. The third-order valence-electron chi connectivity index (χ3n) is 2.70. The molecule has 0 saturated heterocycles. The third kappa shape index (κ3) is 2.45. The van der Waals surface area contributed by atoms with Gasteiger partial charge in [-0.3, -0.25) is 0 Å². The molecule has 0 aliphatic carbocycles. The Labute approximate surface area is 107 Å². The number of aryl methyl sites for hydroxylation is 1. The Bertz CT molecular complexity index is 635. The molecule has 0 spiro atoms. The molecular weight excluding hydrogens is 255 g/mol. The molecule has 2 aromatic rings. The number of alkyl halides is 3. The largest absolute Gasteiger partial charge is 0.434 e. The summed E-state index contributed by atoms with van der Waals surface area (Å²) in [6.07, 6.45) is -3.53. The summed E-state index contributed by atoms with van der Waals surface area (Å²) in [5.41, 5.74) is -0.240. The highest BCUT2D eigenvalue weighted by atomic mass is 19.4. The van der Waals surface area contributed by atoms with E-state index in [0.29, 0.717) is 17.7 Å². The molecular formula is C13H10F3N3. The fourth-order valence-corrected chi connectivity index (χ4v) is 1.78. The van der Waals surface area contributed by atoms with Gasteiger partial charge in [0.2, 0.25) is 0 Å². The van der Waals surface area contributed by atoms with Gasteiger partial charge in [0.15, 0.2) is 5.69 Å². The van der Waals surface area contributed by atoms with Crippen molar-refractivity contribution in [3.8, 4) is 17.5 Å². The van der Waals surface area contributed by atoms with Crippen molar-refractivity contribution in [1.29, 1.82) is 5.26 Å². The second kappa shape index (κ2) is 4.76. The van der Waals surface area contributed by atoms with Crippen LogP contribution >= 0.6 is 0 Å². The minimum atomic E-state index is -4.49. The van der Waals surface area contributed by atoms with E-state index in [1.165, 1.54) is 4.57 Å². The first-order valence-electron chi connectivity index (χ1n) is 5.61. The normalized spacial score (nSPS) is 11.3. The second-order valence-corrected chi connectivity index (χ2v) is 3.89. The van der Waals surface area contributed by atoms with Crippen LogP contribution in [-0.4, -0.2) is 9.55 Å². The van der Waals surface area contributed by atoms with Crippen molar-refractivity contribution in [3.05, 3.63) is 41.7 Å². The van der Waals surface area contributed by atoms with Crippen LogP contribution in [-0.2, 0) is 12.7 Å². The SMILES string of the molecule is CCn1cc(C(F)(F)F)nc1-c1ccccc1C#N. The van der Waals surface area contributed by atoms with Gasteiger partial charge in [-0.1, -0.05) is 12.1 Å². The van der Waals surface area contributed by atoms with E-state index in [1.807, 2.05) is 6.07 Å². The number of hydrogen-bond acceptors (Lipinski definition) is 2. The van der Waals surface area contributed by atoms with E-state index in [-0.39, 0.29) is 5.82 Å². The molecule has 0 atom stereocenters. The number of aromatic nitrogens is 2. The highest BCUT2D eigenvalue weighted by molar-refractivity contribution is 5.65. The predicted octanol–water partition coefficient (Wildman–Crippen LogP) is 3.46. The maximum Gasteiger partial charge on any atom is 0.434 e. The molecule has 0 saturated carbocycles. The molecule has 0 aliphatic heterocycles. The zero-order valence-electron chi connectivity index (χ0n) is 10.1. The minimum Gasteiger partial charge on any atom is -0.331 e. The lowest BCUT2D eigenvalue weighted by Gasteiger charge is -2.05. The summed E-state index contributed by atoms with van der Waals surface area (Å²) in [4.78, 5) is 3.62. The fourth-order valence-electron chi connectivity index (χ4n) is 1.78. The molecule has 0 N–H and O–H groups in total. The molecule has 0 aliphatic rings. The van der Waals surface area contributed by atoms with Crippen molar-refractivity contribution >= 4 is 0 Å². The Morgan fingerprint density at radius 3 is 2.58 bits per heavy atom. The average molecular weight is 265 g/mol. The lowest BCUT2D eigenvalue weighted by atomic mass is 10.1. The van der Waals surface area contributed by atoms with Gasteiger partial charge < -0.3 is 4.57 Å². The highest BCUT2D eigenvalue weighted by Crippen LogP contribution is 2.31. The third-order valence-corrected chi connectivity index (χ3v) is 2.70. The lowest BCUT2D eigenvalue weighted by Crippen LogP contribution is -2.05. The molecule has 1 aromatic heterocycles. The monoisotopic (exact) mass is 265 g/mol. The summed E-state index contributed by atoms with van der Waals surface area (Å²) < 4.78 is 39.4. The van der Waals surface area contributed by atoms with Crippen LogP contribution in [0.1, 0.15) is 18.2 Å². The number of rotatable bonds is 2. The maximum absolute atomic E-state index is 12.7. The number of nitriles is 1. The van der Waals surface area contributed by atoms with E-state index in [1.54, 1.807) is 31.2 Å². The topological polar surface area (TPSA) is 41.6 Å². The van der Waals surface area contributed by atoms with Crippen LogP contribution in [0.4, 0.5) is 13.2 Å². The van der Waals surface area contributed by atoms with Crippen molar-refractivity contribution in [2.75, 3.05) is 0 Å². The Kier molecular flexibility index (Phi) is 3.30. The second-order valence-electron chi connectivity index (χ2n) is 3.89. The van der Waals surface area contributed by atoms with Crippen LogP contribution in [0, 0.1) is 11.3 Å². The minimum absolute atomic E-state index is 0.159. The van der Waals surface area contributed by atoms with Gasteiger partial charge in [0, 0.05) is 18.3 Å². The molecule has 1 aromatic carbocycles. The molecule has 0 radical (unpaired) electrons. The van der Waals surface area contributed by atoms with Crippen LogP contribution in [0.5, 0.6) is 0 Å². The van der Waals surface area contributed by atoms with Gasteiger partial charge in [-0.2, -0.15) is 18.4 Å². The quantitative estimate of drug-likeness (QED) is 0.834. The highest BCUT2D eigenvalue weighted by Gasteiger charge is 2.35. The fraction of sp³-hybridized carbons (Fsp3) is 0.231. The van der Waals surface area contributed by atoms with Crippen molar-refractivity contribution in [2.24, 2.45) is 0 Å². The maximum atomic E-state index is 12.7. The first-order chi connectivity index (χ1) is 8.97. The van der Waals surface area contributed by atoms with E-state index in [0.717, 1.165) is 6.20 Å². The number of benzene rings is 1. The molecule has 19 heavy (non-hydrogen) atoms. The first-order valence-corrected chi connectivity index (χ1v) is 5.61. The standard InChI is InChI=1S/C13H10F3N3/c1-2-19-8-11(13(14,15)16)18-12(19)10-6-4-3-5-9(10)7-17/h3-6,8H,2H2,1H3. The van der Waals surface area contributed by atoms with Crippen molar-refractivity contribution in [1.82, 2.24) is 9.55 Å². The van der Waals surface area contributed by atoms with E-state index in [4.69, 9.17) is 5.26 Å². The smallest absolute Gasteiger partial charge is 0.331 e. The molecule has 98 valence electrons. The first kappa shape index (κ1) is 13.1. The van der Waals surface area contributed by atoms with Crippen LogP contribution < -0.4 is 0 Å². The van der Waals surface area contributed by atoms with E-state index in [9.17, 15) is 13.2 Å². The Balaban J connectivity index is 2.62. The molecule has 6 heteroatoms. The van der Waals surface area contributed by atoms with E-state index in [2.05, 4.69) is 4.98 Å². The van der Waals surface area contributed by atoms with E-state index >= 15 is 0 Å². The van der Waals surface area contributed by atoms with Gasteiger partial charge in [-0.15, -0.1) is 0 Å². The number of imidazole rings is 1. The van der Waals surface area contributed by atoms with Crippen LogP contribution in [0.2, 0.25) is 0 Å². The van der Waals surface area contributed by atoms with Crippen molar-refractivity contribution < 1.29 is 13.2 Å². The van der Waals surface area contributed by atoms with Crippen molar-refractivity contribution in [3.63, 3.8) is 0 Å². The summed E-state index contributed by atoms with van der Waals surface area (Å²) in [6.45, 7) is 2.07. The number of nitrogens with zero attached hydrogens (tertiary/aromatic N) is 3. The summed E-state index contributed by atoms with van der Waals surface area (Å²) in [5, 5.41) is 9.00. The van der Waals surface area contributed by atoms with Crippen molar-refractivity contribution in [2.45, 2.75) is 19.6 Å². The van der Waals surface area contributed by atoms with Gasteiger partial charge in [0.25, 0.3) is 0 Å². The lowest BCUT2D eigenvalue weighted by molar-refractivity contribution is -0.140. The predicted molar refractivity (Wildman–Crippen MR) is 63.1 cm³/mol. The Morgan fingerprint density at radius 2 is 2.00 bits per heavy atom. The molecule has 0 unspecified atom stereocenters. The van der Waals surface area contributed by atoms with E-state index < -0.39 is 11.9 Å². The summed E-state index contributed by atoms with van der Waals surface area (Å²) >= 11 is 0. The van der Waals surface area contributed by atoms with Crippen LogP contribution in [0.25, 0.3) is 11.4 Å². The van der Waals surface area contributed by atoms with Gasteiger partial charge in [-0.05, 0) is 19.1 Å². The van der Waals surface area contributed by atoms with Gasteiger partial charge in [0.05, 0.1) is 11.6 Å². The molecule has 0 fully saturated rings. The number of hydrogen-bond donors (Lipinski definition) is 0. The summed E-state index contributed by atoms with van der Waals surface area (Å²) in [5.74, 6) is 0.159. The van der Waals surface area contributed by atoms with Gasteiger partial charge >= 0.3 is 6.18 Å². The van der Waals surface area contributed by atoms with Gasteiger partial charge in [0.1, 0.15) is 5.82 Å². The molecule has 2 rings (SSSR count). The van der Waals surface area contributed by atoms with Crippen LogP contribution in [0.15, 0.2) is 30.5 Å².